The standard InChI is InChI=1S/C26H24ClNO4S/c1-17-6-5-8-20(16-17)25-22(26(29)30)14-15-23(19-10-12-21(27)13-11-19)28(25)33(31,32)24-9-4-3-7-18(24)2/h3-14,16,23,25H,15H2,1-2H3,(H,29,30)/t23?,25-/m0/s1. The molecule has 0 fully saturated rings. The number of carboxylic acid groups (broad SMARTS) is 1. The van der Waals surface area contributed by atoms with Crippen molar-refractivity contribution >= 4 is 27.6 Å². The van der Waals surface area contributed by atoms with Crippen molar-refractivity contribution in [3.8, 4) is 0 Å². The van der Waals surface area contributed by atoms with E-state index in [0.717, 1.165) is 11.1 Å². The zero-order valence-electron chi connectivity index (χ0n) is 18.3. The minimum absolute atomic E-state index is 0.0444. The van der Waals surface area contributed by atoms with Gasteiger partial charge in [-0.1, -0.05) is 77.8 Å². The van der Waals surface area contributed by atoms with Gasteiger partial charge in [-0.15, -0.1) is 0 Å². The summed E-state index contributed by atoms with van der Waals surface area (Å²) in [5, 5.41) is 10.6. The Morgan fingerprint density at radius 1 is 0.970 bits per heavy atom. The molecule has 3 aromatic rings. The van der Waals surface area contributed by atoms with Crippen LogP contribution >= 0.6 is 11.6 Å². The molecular formula is C26H24ClNO4S. The predicted molar refractivity (Wildman–Crippen MR) is 129 cm³/mol. The zero-order valence-corrected chi connectivity index (χ0v) is 19.8. The Morgan fingerprint density at radius 2 is 1.67 bits per heavy atom. The van der Waals surface area contributed by atoms with Crippen molar-refractivity contribution in [3.05, 3.63) is 112 Å². The van der Waals surface area contributed by atoms with Crippen LogP contribution in [0.4, 0.5) is 0 Å². The second-order valence-corrected chi connectivity index (χ2v) is 10.4. The third-order valence-electron chi connectivity index (χ3n) is 5.93. The van der Waals surface area contributed by atoms with Crippen LogP contribution in [-0.4, -0.2) is 23.8 Å². The number of aryl methyl sites for hydroxylation is 2. The third-order valence-corrected chi connectivity index (χ3v) is 8.21. The van der Waals surface area contributed by atoms with Crippen LogP contribution in [0, 0.1) is 13.8 Å². The van der Waals surface area contributed by atoms with Gasteiger partial charge in [0, 0.05) is 5.02 Å². The predicted octanol–water partition coefficient (Wildman–Crippen LogP) is 5.84. The summed E-state index contributed by atoms with van der Waals surface area (Å²) in [5.74, 6) is -1.14. The maximum atomic E-state index is 14.2. The molecule has 0 amide bonds. The molecule has 2 atom stereocenters. The highest BCUT2D eigenvalue weighted by atomic mass is 35.5. The van der Waals surface area contributed by atoms with E-state index in [1.165, 1.54) is 4.31 Å². The molecule has 0 spiro atoms. The number of aliphatic carboxylic acids is 1. The van der Waals surface area contributed by atoms with E-state index < -0.39 is 28.1 Å². The summed E-state index contributed by atoms with van der Waals surface area (Å²) < 4.78 is 29.7. The molecule has 7 heteroatoms. The van der Waals surface area contributed by atoms with Gasteiger partial charge < -0.3 is 5.11 Å². The van der Waals surface area contributed by atoms with Crippen LogP contribution in [0.2, 0.25) is 5.02 Å². The van der Waals surface area contributed by atoms with Crippen molar-refractivity contribution in [2.24, 2.45) is 0 Å². The van der Waals surface area contributed by atoms with Gasteiger partial charge >= 0.3 is 5.97 Å². The fraction of sp³-hybridized carbons (Fsp3) is 0.192. The molecule has 170 valence electrons. The van der Waals surface area contributed by atoms with Crippen molar-refractivity contribution in [1.29, 1.82) is 0 Å². The first kappa shape index (κ1) is 23.2. The largest absolute Gasteiger partial charge is 0.478 e. The van der Waals surface area contributed by atoms with Gasteiger partial charge in [-0.2, -0.15) is 4.31 Å². The summed E-state index contributed by atoms with van der Waals surface area (Å²) in [6, 6.07) is 19.5. The molecule has 1 aliphatic heterocycles. The van der Waals surface area contributed by atoms with E-state index >= 15 is 0 Å². The first-order chi connectivity index (χ1) is 15.7. The van der Waals surface area contributed by atoms with Crippen molar-refractivity contribution in [3.63, 3.8) is 0 Å². The average molecular weight is 482 g/mol. The number of rotatable bonds is 5. The molecule has 0 saturated carbocycles. The Balaban J connectivity index is 2.00. The van der Waals surface area contributed by atoms with Gasteiger partial charge in [0.15, 0.2) is 0 Å². The smallest absolute Gasteiger partial charge is 0.333 e. The van der Waals surface area contributed by atoms with Gasteiger partial charge in [0.25, 0.3) is 0 Å². The van der Waals surface area contributed by atoms with Crippen molar-refractivity contribution in [2.75, 3.05) is 0 Å². The summed E-state index contributed by atoms with van der Waals surface area (Å²) >= 11 is 6.08. The van der Waals surface area contributed by atoms with Crippen LogP contribution in [0.25, 0.3) is 0 Å². The maximum Gasteiger partial charge on any atom is 0.333 e. The molecule has 1 N–H and O–H groups in total. The zero-order chi connectivity index (χ0) is 23.8. The number of nitrogens with zero attached hydrogens (tertiary/aromatic N) is 1. The monoisotopic (exact) mass is 481 g/mol. The second-order valence-electron chi connectivity index (χ2n) is 8.18. The molecule has 0 saturated heterocycles. The quantitative estimate of drug-likeness (QED) is 0.496. The van der Waals surface area contributed by atoms with E-state index in [4.69, 9.17) is 11.6 Å². The number of hydrogen-bond donors (Lipinski definition) is 1. The highest BCUT2D eigenvalue weighted by Gasteiger charge is 2.44. The Bertz CT molecular complexity index is 1330. The Hall–Kier alpha value is -2.93. The first-order valence-corrected chi connectivity index (χ1v) is 12.4. The summed E-state index contributed by atoms with van der Waals surface area (Å²) in [6.45, 7) is 3.64. The highest BCUT2D eigenvalue weighted by molar-refractivity contribution is 7.89. The van der Waals surface area contributed by atoms with Gasteiger partial charge in [0.1, 0.15) is 0 Å². The van der Waals surface area contributed by atoms with Crippen LogP contribution in [0.1, 0.15) is 40.8 Å². The van der Waals surface area contributed by atoms with Crippen LogP contribution < -0.4 is 0 Å². The second kappa shape index (κ2) is 9.14. The summed E-state index contributed by atoms with van der Waals surface area (Å²) in [7, 11) is -4.08. The normalized spacial score (nSPS) is 19.2. The Labute approximate surface area is 199 Å². The van der Waals surface area contributed by atoms with E-state index in [9.17, 15) is 18.3 Å². The van der Waals surface area contributed by atoms with Crippen LogP contribution in [0.3, 0.4) is 0 Å². The van der Waals surface area contributed by atoms with Crippen molar-refractivity contribution < 1.29 is 18.3 Å². The minimum Gasteiger partial charge on any atom is -0.478 e. The molecule has 1 heterocycles. The molecule has 3 aromatic carbocycles. The molecular weight excluding hydrogens is 458 g/mol. The molecule has 0 bridgehead atoms. The molecule has 0 aliphatic carbocycles. The van der Waals surface area contributed by atoms with Gasteiger partial charge in [-0.25, -0.2) is 13.2 Å². The van der Waals surface area contributed by atoms with Gasteiger partial charge in [-0.05, 0) is 55.2 Å². The minimum atomic E-state index is -4.08. The van der Waals surface area contributed by atoms with Gasteiger partial charge in [0.2, 0.25) is 10.0 Å². The van der Waals surface area contributed by atoms with Crippen LogP contribution in [0.15, 0.2) is 89.3 Å². The van der Waals surface area contributed by atoms with E-state index in [0.29, 0.717) is 16.1 Å². The third kappa shape index (κ3) is 4.47. The van der Waals surface area contributed by atoms with E-state index in [-0.39, 0.29) is 16.9 Å². The van der Waals surface area contributed by atoms with E-state index in [2.05, 4.69) is 0 Å². The molecule has 1 unspecified atom stereocenters. The fourth-order valence-corrected chi connectivity index (χ4v) is 6.51. The summed E-state index contributed by atoms with van der Waals surface area (Å²) in [4.78, 5) is 12.4. The fourth-order valence-electron chi connectivity index (χ4n) is 4.38. The first-order valence-electron chi connectivity index (χ1n) is 10.5. The van der Waals surface area contributed by atoms with Gasteiger partial charge in [0.05, 0.1) is 22.6 Å². The Morgan fingerprint density at radius 3 is 2.30 bits per heavy atom. The van der Waals surface area contributed by atoms with Crippen LogP contribution in [0.5, 0.6) is 0 Å². The highest BCUT2D eigenvalue weighted by Crippen LogP contribution is 2.46. The Kier molecular flexibility index (Phi) is 6.43. The van der Waals surface area contributed by atoms with Gasteiger partial charge in [-0.3, -0.25) is 0 Å². The van der Waals surface area contributed by atoms with Crippen molar-refractivity contribution in [1.82, 2.24) is 4.31 Å². The summed E-state index contributed by atoms with van der Waals surface area (Å²) in [6.07, 6.45) is 1.87. The number of carbonyl (C=O) groups is 1. The molecule has 0 radical (unpaired) electrons. The maximum absolute atomic E-state index is 14.2. The topological polar surface area (TPSA) is 74.7 Å². The lowest BCUT2D eigenvalue weighted by molar-refractivity contribution is -0.133. The molecule has 0 aromatic heterocycles. The number of halogens is 1. The summed E-state index contributed by atoms with van der Waals surface area (Å²) in [5.41, 5.74) is 2.92. The molecule has 5 nitrogen and oxygen atoms in total. The number of carboxylic acids is 1. The number of hydrogen-bond acceptors (Lipinski definition) is 3. The average Bonchev–Trinajstić information content (AvgIpc) is 2.78. The lowest BCUT2D eigenvalue weighted by Gasteiger charge is -2.41. The van der Waals surface area contributed by atoms with E-state index in [1.807, 2.05) is 25.1 Å². The SMILES string of the molecule is Cc1cccc([C@H]2C(C(=O)O)=CCC(c3ccc(Cl)cc3)N2S(=O)(=O)c2ccccc2C)c1. The van der Waals surface area contributed by atoms with Crippen LogP contribution in [-0.2, 0) is 14.8 Å². The number of benzene rings is 3. The van der Waals surface area contributed by atoms with Crippen molar-refractivity contribution in [2.45, 2.75) is 37.2 Å². The van der Waals surface area contributed by atoms with E-state index in [1.54, 1.807) is 67.6 Å². The molecule has 4 rings (SSSR count). The number of sulfonamides is 1. The molecule has 33 heavy (non-hydrogen) atoms. The molecule has 1 aliphatic rings. The lowest BCUT2D eigenvalue weighted by atomic mass is 9.89. The lowest BCUT2D eigenvalue weighted by Crippen LogP contribution is -2.42.